The molecule has 0 spiro atoms. The predicted octanol–water partition coefficient (Wildman–Crippen LogP) is 3.91. The van der Waals surface area contributed by atoms with Crippen molar-refractivity contribution in [1.29, 1.82) is 0 Å². The standard InChI is InChI=1S/C31H38FN7O4/c1-18-7-8-20-19(14-34-38-20)22(18)25-24(32)26-23(28(35-25)41-3)27(39-12-13-42-16-30(2,40)15-39)37-29(36-26)43-17-31-9-4-6-21(31)33-11-5-10-31/h7-8,14,21,33,40H,4-6,9-13,15-17H2,1-3H3,(H,34,38)/t21-,30+,31-/m1/s1. The lowest BCUT2D eigenvalue weighted by atomic mass is 9.76. The van der Waals surface area contributed by atoms with Crippen LogP contribution in [0.5, 0.6) is 11.9 Å². The number of nitrogens with one attached hydrogen (secondary N) is 2. The Hall–Kier alpha value is -3.61. The Morgan fingerprint density at radius 3 is 2.93 bits per heavy atom. The third-order valence-corrected chi connectivity index (χ3v) is 9.36. The Morgan fingerprint density at radius 2 is 2.07 bits per heavy atom. The number of aromatic nitrogens is 5. The molecule has 3 fully saturated rings. The number of hydrogen-bond acceptors (Lipinski definition) is 10. The molecule has 0 radical (unpaired) electrons. The molecule has 12 heteroatoms. The number of ether oxygens (including phenoxy) is 3. The number of benzene rings is 1. The van der Waals surface area contributed by atoms with Crippen LogP contribution in [0.2, 0.25) is 0 Å². The van der Waals surface area contributed by atoms with Crippen molar-refractivity contribution in [3.05, 3.63) is 29.7 Å². The van der Waals surface area contributed by atoms with E-state index in [1.54, 1.807) is 13.1 Å². The highest BCUT2D eigenvalue weighted by atomic mass is 19.1. The van der Waals surface area contributed by atoms with Crippen LogP contribution < -0.4 is 19.7 Å². The number of halogens is 1. The van der Waals surface area contributed by atoms with Crippen LogP contribution in [0.25, 0.3) is 33.1 Å². The van der Waals surface area contributed by atoms with Crippen LogP contribution in [-0.2, 0) is 4.74 Å². The summed E-state index contributed by atoms with van der Waals surface area (Å²) in [4.78, 5) is 16.1. The zero-order valence-corrected chi connectivity index (χ0v) is 24.9. The zero-order chi connectivity index (χ0) is 29.8. The summed E-state index contributed by atoms with van der Waals surface area (Å²) in [6, 6.07) is 4.30. The number of β-amino-alcohol motifs (C(OH)–C–C–N with tert-alkyl or cyclic N) is 1. The SMILES string of the molecule is COc1nc(-c2c(C)ccc3[nH]ncc23)c(F)c2nc(OC[C@@]34CCCN[C@@H]3CCC4)nc(N3CCOC[C@@](C)(O)C3)c12. The van der Waals surface area contributed by atoms with Gasteiger partial charge < -0.3 is 29.5 Å². The van der Waals surface area contributed by atoms with Gasteiger partial charge in [0.15, 0.2) is 5.82 Å². The van der Waals surface area contributed by atoms with Gasteiger partial charge in [-0.25, -0.2) is 9.37 Å². The normalized spacial score (nSPS) is 26.1. The van der Waals surface area contributed by atoms with Crippen molar-refractivity contribution in [2.75, 3.05) is 51.5 Å². The summed E-state index contributed by atoms with van der Waals surface area (Å²) in [6.45, 7) is 6.27. The maximum atomic E-state index is 16.9. The van der Waals surface area contributed by atoms with Gasteiger partial charge in [0.05, 0.1) is 45.2 Å². The number of pyridine rings is 1. The Morgan fingerprint density at radius 1 is 1.21 bits per heavy atom. The van der Waals surface area contributed by atoms with E-state index in [0.717, 1.165) is 55.1 Å². The molecule has 0 unspecified atom stereocenters. The van der Waals surface area contributed by atoms with E-state index in [1.807, 2.05) is 24.0 Å². The first-order valence-corrected chi connectivity index (χ1v) is 15.1. The number of aryl methyl sites for hydroxylation is 1. The van der Waals surface area contributed by atoms with Gasteiger partial charge in [0.25, 0.3) is 0 Å². The van der Waals surface area contributed by atoms with Crippen molar-refractivity contribution in [2.45, 2.75) is 57.6 Å². The topological polar surface area (TPSA) is 131 Å². The average molecular weight is 592 g/mol. The van der Waals surface area contributed by atoms with Gasteiger partial charge >= 0.3 is 6.01 Å². The molecule has 4 aromatic rings. The van der Waals surface area contributed by atoms with E-state index in [2.05, 4.69) is 20.5 Å². The monoisotopic (exact) mass is 591 g/mol. The molecule has 11 nitrogen and oxygen atoms in total. The summed E-state index contributed by atoms with van der Waals surface area (Å²) in [6.07, 6.45) is 7.17. The van der Waals surface area contributed by atoms with Gasteiger partial charge in [-0.3, -0.25) is 5.10 Å². The fraction of sp³-hybridized carbons (Fsp3) is 0.548. The molecule has 3 atom stereocenters. The Labute approximate surface area is 249 Å². The summed E-state index contributed by atoms with van der Waals surface area (Å²) in [5.41, 5.74) is 1.24. The van der Waals surface area contributed by atoms with E-state index in [9.17, 15) is 5.11 Å². The number of aliphatic hydroxyl groups is 1. The lowest BCUT2D eigenvalue weighted by molar-refractivity contribution is -0.0123. The lowest BCUT2D eigenvalue weighted by Gasteiger charge is -2.39. The molecular weight excluding hydrogens is 553 g/mol. The summed E-state index contributed by atoms with van der Waals surface area (Å²) >= 11 is 0. The van der Waals surface area contributed by atoms with Crippen LogP contribution in [0.15, 0.2) is 18.3 Å². The van der Waals surface area contributed by atoms with Crippen molar-refractivity contribution in [3.63, 3.8) is 0 Å². The number of fused-ring (bicyclic) bond motifs is 3. The third kappa shape index (κ3) is 4.95. The van der Waals surface area contributed by atoms with Gasteiger partial charge in [-0.15, -0.1) is 0 Å². The van der Waals surface area contributed by atoms with E-state index in [0.29, 0.717) is 42.6 Å². The minimum Gasteiger partial charge on any atom is -0.480 e. The molecule has 3 aliphatic rings. The van der Waals surface area contributed by atoms with Gasteiger partial charge in [-0.05, 0) is 57.7 Å². The number of anilines is 1. The van der Waals surface area contributed by atoms with Crippen LogP contribution >= 0.6 is 0 Å². The first kappa shape index (κ1) is 28.2. The molecule has 0 amide bonds. The number of methoxy groups -OCH3 is 1. The molecule has 228 valence electrons. The van der Waals surface area contributed by atoms with Crippen LogP contribution in [0, 0.1) is 18.2 Å². The molecule has 7 rings (SSSR count). The second-order valence-electron chi connectivity index (χ2n) is 12.6. The number of H-pyrrole nitrogens is 1. The first-order valence-electron chi connectivity index (χ1n) is 15.1. The highest BCUT2D eigenvalue weighted by Crippen LogP contribution is 2.45. The fourth-order valence-electron chi connectivity index (χ4n) is 7.26. The molecule has 3 N–H and O–H groups in total. The molecule has 2 saturated heterocycles. The maximum Gasteiger partial charge on any atom is 0.319 e. The van der Waals surface area contributed by atoms with E-state index in [-0.39, 0.29) is 41.7 Å². The van der Waals surface area contributed by atoms with Crippen LogP contribution in [0.4, 0.5) is 10.2 Å². The Kier molecular flexibility index (Phi) is 7.10. The minimum absolute atomic E-state index is 0.00449. The molecular formula is C31H38FN7O4. The van der Waals surface area contributed by atoms with Gasteiger partial charge in [0.2, 0.25) is 5.88 Å². The van der Waals surface area contributed by atoms with Crippen molar-refractivity contribution in [1.82, 2.24) is 30.5 Å². The second-order valence-corrected chi connectivity index (χ2v) is 12.6. The average Bonchev–Trinajstić information content (AvgIpc) is 3.61. The minimum atomic E-state index is -1.15. The van der Waals surface area contributed by atoms with E-state index >= 15 is 4.39 Å². The lowest BCUT2D eigenvalue weighted by Crippen LogP contribution is -2.49. The highest BCUT2D eigenvalue weighted by Gasteiger charge is 2.45. The number of nitrogens with zero attached hydrogens (tertiary/aromatic N) is 5. The fourth-order valence-corrected chi connectivity index (χ4v) is 7.26. The molecule has 1 aliphatic carbocycles. The number of aromatic amines is 1. The molecule has 43 heavy (non-hydrogen) atoms. The largest absolute Gasteiger partial charge is 0.480 e. The Bertz CT molecular complexity index is 1680. The number of piperidine rings is 1. The van der Waals surface area contributed by atoms with Crippen LogP contribution in [-0.4, -0.2) is 88.5 Å². The van der Waals surface area contributed by atoms with E-state index < -0.39 is 11.4 Å². The van der Waals surface area contributed by atoms with Crippen molar-refractivity contribution < 1.29 is 23.7 Å². The zero-order valence-electron chi connectivity index (χ0n) is 24.9. The van der Waals surface area contributed by atoms with E-state index in [4.69, 9.17) is 24.2 Å². The first-order chi connectivity index (χ1) is 20.8. The highest BCUT2D eigenvalue weighted by molar-refractivity contribution is 6.01. The van der Waals surface area contributed by atoms with Crippen molar-refractivity contribution >= 4 is 27.6 Å². The molecule has 3 aromatic heterocycles. The molecule has 0 bridgehead atoms. The number of rotatable bonds is 6. The summed E-state index contributed by atoms with van der Waals surface area (Å²) < 4.78 is 34.7. The molecule has 1 saturated carbocycles. The summed E-state index contributed by atoms with van der Waals surface area (Å²) in [7, 11) is 1.50. The van der Waals surface area contributed by atoms with Gasteiger partial charge in [-0.1, -0.05) is 12.5 Å². The molecule has 2 aliphatic heterocycles. The predicted molar refractivity (Wildman–Crippen MR) is 160 cm³/mol. The molecule has 5 heterocycles. The van der Waals surface area contributed by atoms with Crippen molar-refractivity contribution in [3.8, 4) is 23.1 Å². The van der Waals surface area contributed by atoms with Crippen LogP contribution in [0.3, 0.4) is 0 Å². The second kappa shape index (κ2) is 10.8. The number of hydrogen-bond donors (Lipinski definition) is 3. The van der Waals surface area contributed by atoms with Gasteiger partial charge in [0.1, 0.15) is 28.0 Å². The molecule has 1 aromatic carbocycles. The third-order valence-electron chi connectivity index (χ3n) is 9.36. The maximum absolute atomic E-state index is 16.9. The van der Waals surface area contributed by atoms with E-state index in [1.165, 1.54) is 7.11 Å². The summed E-state index contributed by atoms with van der Waals surface area (Å²) in [5.74, 6) is -0.0279. The van der Waals surface area contributed by atoms with Crippen LogP contribution in [0.1, 0.15) is 44.6 Å². The van der Waals surface area contributed by atoms with Gasteiger partial charge in [0, 0.05) is 29.0 Å². The smallest absolute Gasteiger partial charge is 0.319 e. The quantitative estimate of drug-likeness (QED) is 0.303. The summed E-state index contributed by atoms with van der Waals surface area (Å²) in [5, 5.41) is 22.9. The Balaban J connectivity index is 1.41. The van der Waals surface area contributed by atoms with Crippen molar-refractivity contribution in [2.24, 2.45) is 5.41 Å². The van der Waals surface area contributed by atoms with Gasteiger partial charge in [-0.2, -0.15) is 15.1 Å².